The molecule has 1 aromatic heterocycles. The molecule has 0 saturated carbocycles. The van der Waals surface area contributed by atoms with Crippen LogP contribution < -0.4 is 0 Å². The Hall–Kier alpha value is -0.120. The second-order valence-electron chi connectivity index (χ2n) is 2.89. The minimum atomic E-state index is -1.48. The molecule has 1 aromatic rings. The lowest BCUT2D eigenvalue weighted by molar-refractivity contribution is 0.721. The molecule has 6 heteroatoms. The summed E-state index contributed by atoms with van der Waals surface area (Å²) >= 11 is 17.2. The van der Waals surface area contributed by atoms with Crippen molar-refractivity contribution in [2.45, 2.75) is 23.6 Å². The van der Waals surface area contributed by atoms with Crippen molar-refractivity contribution in [3.05, 3.63) is 17.5 Å². The maximum atomic E-state index is 5.73. The molecule has 0 bridgehead atoms. The van der Waals surface area contributed by atoms with E-state index in [0.717, 1.165) is 0 Å². The molecule has 0 radical (unpaired) electrons. The van der Waals surface area contributed by atoms with Gasteiger partial charge in [-0.05, 0) is 11.1 Å². The van der Waals surface area contributed by atoms with Gasteiger partial charge in [0.25, 0.3) is 0 Å². The molecule has 0 aliphatic rings. The lowest BCUT2D eigenvalue weighted by Crippen LogP contribution is -2.10. The Morgan fingerprint density at radius 3 is 2.31 bits per heavy atom. The Bertz CT molecular complexity index is 295. The van der Waals surface area contributed by atoms with Gasteiger partial charge in [0.2, 0.25) is 3.79 Å². The average Bonchev–Trinajstić information content (AvgIpc) is 2.03. The Morgan fingerprint density at radius 1 is 1.31 bits per heavy atom. The summed E-state index contributed by atoms with van der Waals surface area (Å²) in [6, 6.07) is 0. The molecule has 0 aliphatic carbocycles. The summed E-state index contributed by atoms with van der Waals surface area (Å²) in [5.41, 5.74) is 1.15. The van der Waals surface area contributed by atoms with Gasteiger partial charge in [-0.2, -0.15) is 0 Å². The highest BCUT2D eigenvalue weighted by atomic mass is 35.6. The largest absolute Gasteiger partial charge is 0.219 e. The van der Waals surface area contributed by atoms with Gasteiger partial charge in [0, 0.05) is 5.56 Å². The van der Waals surface area contributed by atoms with Crippen LogP contribution in [0.4, 0.5) is 0 Å². The first-order valence-corrected chi connectivity index (χ1v) is 4.81. The van der Waals surface area contributed by atoms with E-state index in [1.54, 1.807) is 0 Å². The fourth-order valence-corrected chi connectivity index (χ4v) is 1.36. The predicted molar refractivity (Wildman–Crippen MR) is 53.2 cm³/mol. The van der Waals surface area contributed by atoms with Gasteiger partial charge in [0.05, 0.1) is 11.9 Å². The van der Waals surface area contributed by atoms with E-state index < -0.39 is 3.79 Å². The zero-order valence-corrected chi connectivity index (χ0v) is 9.40. The van der Waals surface area contributed by atoms with Gasteiger partial charge in [-0.25, -0.2) is 0 Å². The standard InChI is InChI=1S/C7H8Cl3N3/c1-4(2)6-5(7(8,9)10)3-11-13-12-6/h3-4H,1-2H3. The van der Waals surface area contributed by atoms with E-state index in [9.17, 15) is 0 Å². The highest BCUT2D eigenvalue weighted by Crippen LogP contribution is 2.40. The number of rotatable bonds is 1. The molecule has 1 heterocycles. The number of aromatic nitrogens is 3. The topological polar surface area (TPSA) is 38.7 Å². The summed E-state index contributed by atoms with van der Waals surface area (Å²) in [6.07, 6.45) is 1.43. The molecule has 0 fully saturated rings. The van der Waals surface area contributed by atoms with Crippen LogP contribution in [0.3, 0.4) is 0 Å². The fraction of sp³-hybridized carbons (Fsp3) is 0.571. The van der Waals surface area contributed by atoms with Crippen LogP contribution in [-0.2, 0) is 3.79 Å². The van der Waals surface area contributed by atoms with Crippen molar-refractivity contribution in [1.82, 2.24) is 15.4 Å². The maximum absolute atomic E-state index is 5.73. The number of hydrogen-bond donors (Lipinski definition) is 0. The Balaban J connectivity index is 3.20. The van der Waals surface area contributed by atoms with Crippen molar-refractivity contribution < 1.29 is 0 Å². The van der Waals surface area contributed by atoms with Crippen LogP contribution in [0.25, 0.3) is 0 Å². The number of hydrogen-bond acceptors (Lipinski definition) is 3. The molecule has 0 aromatic carbocycles. The molecule has 13 heavy (non-hydrogen) atoms. The molecular formula is C7H8Cl3N3. The zero-order chi connectivity index (χ0) is 10.1. The monoisotopic (exact) mass is 239 g/mol. The van der Waals surface area contributed by atoms with Crippen LogP contribution >= 0.6 is 34.8 Å². The summed E-state index contributed by atoms with van der Waals surface area (Å²) in [4.78, 5) is 0. The third kappa shape index (κ3) is 2.66. The molecule has 0 atom stereocenters. The lowest BCUT2D eigenvalue weighted by atomic mass is 10.1. The highest BCUT2D eigenvalue weighted by Gasteiger charge is 2.28. The van der Waals surface area contributed by atoms with Crippen LogP contribution in [0.2, 0.25) is 0 Å². The second-order valence-corrected chi connectivity index (χ2v) is 5.17. The zero-order valence-electron chi connectivity index (χ0n) is 7.13. The van der Waals surface area contributed by atoms with Crippen molar-refractivity contribution in [2.24, 2.45) is 0 Å². The minimum Gasteiger partial charge on any atom is -0.138 e. The third-order valence-corrected chi connectivity index (χ3v) is 2.13. The molecule has 0 saturated heterocycles. The summed E-state index contributed by atoms with van der Waals surface area (Å²) in [6.45, 7) is 3.90. The number of nitrogens with zero attached hydrogens (tertiary/aromatic N) is 3. The van der Waals surface area contributed by atoms with Crippen molar-refractivity contribution in [3.8, 4) is 0 Å². The van der Waals surface area contributed by atoms with E-state index in [4.69, 9.17) is 34.8 Å². The summed E-state index contributed by atoms with van der Waals surface area (Å²) in [5.74, 6) is 0.154. The smallest absolute Gasteiger partial charge is 0.138 e. The first kappa shape index (κ1) is 11.0. The first-order valence-electron chi connectivity index (χ1n) is 3.68. The second kappa shape index (κ2) is 3.95. The summed E-state index contributed by atoms with van der Waals surface area (Å²) in [7, 11) is 0. The molecule has 0 unspecified atom stereocenters. The molecule has 1 rings (SSSR count). The Morgan fingerprint density at radius 2 is 1.92 bits per heavy atom. The first-order chi connectivity index (χ1) is 5.93. The van der Waals surface area contributed by atoms with Crippen molar-refractivity contribution in [2.75, 3.05) is 0 Å². The fourth-order valence-electron chi connectivity index (χ4n) is 0.922. The van der Waals surface area contributed by atoms with Gasteiger partial charge in [-0.15, -0.1) is 10.2 Å². The average molecular weight is 241 g/mol. The lowest BCUT2D eigenvalue weighted by Gasteiger charge is -2.15. The van der Waals surface area contributed by atoms with Crippen LogP contribution in [0.15, 0.2) is 6.20 Å². The van der Waals surface area contributed by atoms with Crippen LogP contribution in [0, 0.1) is 0 Å². The molecule has 0 spiro atoms. The third-order valence-electron chi connectivity index (χ3n) is 1.52. The van der Waals surface area contributed by atoms with E-state index in [1.165, 1.54) is 6.20 Å². The molecule has 0 N–H and O–H groups in total. The van der Waals surface area contributed by atoms with Gasteiger partial charge >= 0.3 is 0 Å². The SMILES string of the molecule is CC(C)c1nnncc1C(Cl)(Cl)Cl. The summed E-state index contributed by atoms with van der Waals surface area (Å²) in [5, 5.41) is 10.9. The van der Waals surface area contributed by atoms with Gasteiger partial charge in [0.1, 0.15) is 0 Å². The number of alkyl halides is 3. The molecule has 72 valence electrons. The maximum Gasteiger partial charge on any atom is 0.219 e. The molecule has 3 nitrogen and oxygen atoms in total. The quantitative estimate of drug-likeness (QED) is 0.709. The van der Waals surface area contributed by atoms with Crippen LogP contribution in [-0.4, -0.2) is 15.4 Å². The van der Waals surface area contributed by atoms with Gasteiger partial charge in [0.15, 0.2) is 0 Å². The van der Waals surface area contributed by atoms with Crippen molar-refractivity contribution in [1.29, 1.82) is 0 Å². The molecule has 0 amide bonds. The number of halogens is 3. The Labute approximate surface area is 91.4 Å². The predicted octanol–water partition coefficient (Wildman–Crippen LogP) is 2.82. The summed E-state index contributed by atoms with van der Waals surface area (Å²) < 4.78 is -1.48. The van der Waals surface area contributed by atoms with Gasteiger partial charge < -0.3 is 0 Å². The van der Waals surface area contributed by atoms with Crippen molar-refractivity contribution in [3.63, 3.8) is 0 Å². The van der Waals surface area contributed by atoms with E-state index in [1.807, 2.05) is 13.8 Å². The van der Waals surface area contributed by atoms with E-state index >= 15 is 0 Å². The minimum absolute atomic E-state index is 0.154. The van der Waals surface area contributed by atoms with Crippen LogP contribution in [0.5, 0.6) is 0 Å². The van der Waals surface area contributed by atoms with Crippen molar-refractivity contribution >= 4 is 34.8 Å². The van der Waals surface area contributed by atoms with Crippen LogP contribution in [0.1, 0.15) is 31.0 Å². The highest BCUT2D eigenvalue weighted by molar-refractivity contribution is 6.66. The van der Waals surface area contributed by atoms with E-state index in [-0.39, 0.29) is 5.92 Å². The van der Waals surface area contributed by atoms with E-state index in [2.05, 4.69) is 15.4 Å². The Kier molecular flexibility index (Phi) is 3.33. The van der Waals surface area contributed by atoms with E-state index in [0.29, 0.717) is 11.3 Å². The van der Waals surface area contributed by atoms with Gasteiger partial charge in [-0.3, -0.25) is 0 Å². The molecule has 0 aliphatic heterocycles. The van der Waals surface area contributed by atoms with Gasteiger partial charge in [-0.1, -0.05) is 48.7 Å². The normalized spacial score (nSPS) is 12.2. The molecular weight excluding hydrogens is 232 g/mol.